The van der Waals surface area contributed by atoms with E-state index in [4.69, 9.17) is 0 Å². The van der Waals surface area contributed by atoms with Crippen molar-refractivity contribution in [3.05, 3.63) is 76.6 Å². The molecule has 1 aromatic heterocycles. The number of benzene rings is 2. The van der Waals surface area contributed by atoms with Crippen LogP contribution in [-0.2, 0) is 0 Å². The minimum absolute atomic E-state index is 0.0388. The van der Waals surface area contributed by atoms with Crippen molar-refractivity contribution < 1.29 is 13.6 Å². The summed E-state index contributed by atoms with van der Waals surface area (Å²) in [5.41, 5.74) is 3.89. The van der Waals surface area contributed by atoms with E-state index in [1.54, 1.807) is 0 Å². The Labute approximate surface area is 174 Å². The number of carbonyl (C=O) groups excluding carboxylic acids is 1. The van der Waals surface area contributed by atoms with Gasteiger partial charge in [0.2, 0.25) is 0 Å². The van der Waals surface area contributed by atoms with E-state index in [2.05, 4.69) is 15.7 Å². The number of hydrogen-bond donors (Lipinski definition) is 2. The molecule has 3 aromatic rings. The van der Waals surface area contributed by atoms with E-state index in [0.29, 0.717) is 11.3 Å². The number of carbonyl (C=O) groups is 1. The molecule has 0 saturated carbocycles. The molecular formula is C23H24F2N4O. The predicted octanol–water partition coefficient (Wildman–Crippen LogP) is 4.49. The normalized spacial score (nSPS) is 14.7. The lowest BCUT2D eigenvalue weighted by Crippen LogP contribution is -2.29. The van der Waals surface area contributed by atoms with E-state index in [1.807, 2.05) is 32.0 Å². The number of amides is 1. The SMILES string of the molecule is Cc1cccc(C)c1NC(=O)c1cnn(-c2ccc(F)cc2F)c1C1CCNCC1. The minimum atomic E-state index is -0.713. The van der Waals surface area contributed by atoms with E-state index >= 15 is 0 Å². The third kappa shape index (κ3) is 3.85. The number of rotatable bonds is 4. The molecule has 0 bridgehead atoms. The van der Waals surface area contributed by atoms with Crippen molar-refractivity contribution in [2.24, 2.45) is 0 Å². The largest absolute Gasteiger partial charge is 0.321 e. The van der Waals surface area contributed by atoms with Gasteiger partial charge in [0.1, 0.15) is 11.5 Å². The van der Waals surface area contributed by atoms with Gasteiger partial charge in [0.25, 0.3) is 5.91 Å². The number of nitrogens with one attached hydrogen (secondary N) is 2. The first-order valence-electron chi connectivity index (χ1n) is 10.1. The third-order valence-corrected chi connectivity index (χ3v) is 5.63. The van der Waals surface area contributed by atoms with Gasteiger partial charge in [0.15, 0.2) is 5.82 Å². The van der Waals surface area contributed by atoms with Crippen LogP contribution in [0, 0.1) is 25.5 Å². The maximum absolute atomic E-state index is 14.5. The van der Waals surface area contributed by atoms with E-state index in [1.165, 1.54) is 23.0 Å². The fourth-order valence-electron chi connectivity index (χ4n) is 4.06. The zero-order valence-electron chi connectivity index (χ0n) is 17.0. The van der Waals surface area contributed by atoms with E-state index < -0.39 is 11.6 Å². The summed E-state index contributed by atoms with van der Waals surface area (Å²) in [4.78, 5) is 13.2. The van der Waals surface area contributed by atoms with Crippen molar-refractivity contribution in [3.8, 4) is 5.69 Å². The fourth-order valence-corrected chi connectivity index (χ4v) is 4.06. The van der Waals surface area contributed by atoms with Gasteiger partial charge in [-0.1, -0.05) is 18.2 Å². The Balaban J connectivity index is 1.78. The molecule has 30 heavy (non-hydrogen) atoms. The van der Waals surface area contributed by atoms with Crippen LogP contribution in [0.4, 0.5) is 14.5 Å². The molecule has 1 saturated heterocycles. The molecule has 156 valence electrons. The number of para-hydroxylation sites is 1. The zero-order valence-corrected chi connectivity index (χ0v) is 17.0. The number of piperidine rings is 1. The second-order valence-corrected chi connectivity index (χ2v) is 7.70. The second-order valence-electron chi connectivity index (χ2n) is 7.70. The summed E-state index contributed by atoms with van der Waals surface area (Å²) in [5, 5.41) is 10.6. The van der Waals surface area contributed by atoms with Gasteiger partial charge >= 0.3 is 0 Å². The van der Waals surface area contributed by atoms with Crippen molar-refractivity contribution in [1.29, 1.82) is 0 Å². The van der Waals surface area contributed by atoms with Gasteiger partial charge in [-0.25, -0.2) is 13.5 Å². The molecule has 1 aliphatic rings. The molecule has 1 amide bonds. The molecule has 2 heterocycles. The average Bonchev–Trinajstić information content (AvgIpc) is 3.16. The van der Waals surface area contributed by atoms with Crippen LogP contribution >= 0.6 is 0 Å². The van der Waals surface area contributed by atoms with Crippen LogP contribution in [0.5, 0.6) is 0 Å². The molecule has 1 aliphatic heterocycles. The highest BCUT2D eigenvalue weighted by Crippen LogP contribution is 2.32. The first kappa shape index (κ1) is 20.2. The van der Waals surface area contributed by atoms with Crippen LogP contribution in [0.15, 0.2) is 42.6 Å². The lowest BCUT2D eigenvalue weighted by Gasteiger charge is -2.25. The lowest BCUT2D eigenvalue weighted by atomic mass is 9.91. The highest BCUT2D eigenvalue weighted by atomic mass is 19.1. The number of nitrogens with zero attached hydrogens (tertiary/aromatic N) is 2. The Morgan fingerprint density at radius 3 is 2.50 bits per heavy atom. The molecule has 4 rings (SSSR count). The Kier molecular flexibility index (Phi) is 5.63. The maximum Gasteiger partial charge on any atom is 0.259 e. The summed E-state index contributed by atoms with van der Waals surface area (Å²) in [6.07, 6.45) is 3.08. The van der Waals surface area contributed by atoms with E-state index in [9.17, 15) is 13.6 Å². The smallest absolute Gasteiger partial charge is 0.259 e. The highest BCUT2D eigenvalue weighted by Gasteiger charge is 2.28. The van der Waals surface area contributed by atoms with Crippen LogP contribution in [0.25, 0.3) is 5.69 Å². The first-order valence-corrected chi connectivity index (χ1v) is 10.1. The molecule has 0 unspecified atom stereocenters. The highest BCUT2D eigenvalue weighted by molar-refractivity contribution is 6.06. The number of anilines is 1. The summed E-state index contributed by atoms with van der Waals surface area (Å²) in [6, 6.07) is 9.20. The number of halogens is 2. The van der Waals surface area contributed by atoms with Gasteiger partial charge in [-0.2, -0.15) is 5.10 Å². The van der Waals surface area contributed by atoms with Crippen molar-refractivity contribution in [2.75, 3.05) is 18.4 Å². The molecular weight excluding hydrogens is 386 g/mol. The van der Waals surface area contributed by atoms with Gasteiger partial charge in [-0.3, -0.25) is 4.79 Å². The van der Waals surface area contributed by atoms with Gasteiger partial charge in [0.05, 0.1) is 17.5 Å². The molecule has 0 spiro atoms. The van der Waals surface area contributed by atoms with Crippen molar-refractivity contribution in [1.82, 2.24) is 15.1 Å². The maximum atomic E-state index is 14.5. The molecule has 0 aliphatic carbocycles. The van der Waals surface area contributed by atoms with Crippen molar-refractivity contribution in [2.45, 2.75) is 32.6 Å². The van der Waals surface area contributed by atoms with Gasteiger partial charge in [0, 0.05) is 17.7 Å². The Morgan fingerprint density at radius 2 is 1.83 bits per heavy atom. The number of aryl methyl sites for hydroxylation is 2. The second kappa shape index (κ2) is 8.36. The van der Waals surface area contributed by atoms with Crippen LogP contribution in [0.2, 0.25) is 0 Å². The number of aromatic nitrogens is 2. The molecule has 2 N–H and O–H groups in total. The Hall–Kier alpha value is -3.06. The summed E-state index contributed by atoms with van der Waals surface area (Å²) in [5.74, 6) is -1.61. The summed E-state index contributed by atoms with van der Waals surface area (Å²) in [7, 11) is 0. The summed E-state index contributed by atoms with van der Waals surface area (Å²) >= 11 is 0. The summed E-state index contributed by atoms with van der Waals surface area (Å²) in [6.45, 7) is 5.49. The third-order valence-electron chi connectivity index (χ3n) is 5.63. The van der Waals surface area contributed by atoms with Gasteiger partial charge in [-0.15, -0.1) is 0 Å². The molecule has 7 heteroatoms. The van der Waals surface area contributed by atoms with Crippen molar-refractivity contribution in [3.63, 3.8) is 0 Å². The van der Waals surface area contributed by atoms with E-state index in [0.717, 1.165) is 48.8 Å². The molecule has 0 radical (unpaired) electrons. The predicted molar refractivity (Wildman–Crippen MR) is 112 cm³/mol. The number of hydrogen-bond acceptors (Lipinski definition) is 3. The zero-order chi connectivity index (χ0) is 21.3. The Morgan fingerprint density at radius 1 is 1.13 bits per heavy atom. The Bertz CT molecular complexity index is 1070. The van der Waals surface area contributed by atoms with Gasteiger partial charge in [-0.05, 0) is 63.0 Å². The molecule has 2 aromatic carbocycles. The topological polar surface area (TPSA) is 59.0 Å². The summed E-state index contributed by atoms with van der Waals surface area (Å²) < 4.78 is 29.4. The lowest BCUT2D eigenvalue weighted by molar-refractivity contribution is 0.102. The van der Waals surface area contributed by atoms with Crippen LogP contribution in [-0.4, -0.2) is 28.8 Å². The van der Waals surface area contributed by atoms with Crippen molar-refractivity contribution >= 4 is 11.6 Å². The standard InChI is InChI=1S/C23H24F2N4O/c1-14-4-3-5-15(2)21(14)28-23(30)18-13-27-29(20-7-6-17(24)12-19(20)25)22(18)16-8-10-26-11-9-16/h3-7,12-13,16,26H,8-11H2,1-2H3,(H,28,30). The first-order chi connectivity index (χ1) is 14.5. The molecule has 1 fully saturated rings. The minimum Gasteiger partial charge on any atom is -0.321 e. The average molecular weight is 410 g/mol. The molecule has 5 nitrogen and oxygen atoms in total. The van der Waals surface area contributed by atoms with Crippen LogP contribution < -0.4 is 10.6 Å². The van der Waals surface area contributed by atoms with Crippen LogP contribution in [0.3, 0.4) is 0 Å². The fraction of sp³-hybridized carbons (Fsp3) is 0.304. The monoisotopic (exact) mass is 410 g/mol. The van der Waals surface area contributed by atoms with E-state index in [-0.39, 0.29) is 17.5 Å². The molecule has 0 atom stereocenters. The van der Waals surface area contributed by atoms with Crippen LogP contribution in [0.1, 0.15) is 45.9 Å². The van der Waals surface area contributed by atoms with Gasteiger partial charge < -0.3 is 10.6 Å². The quantitative estimate of drug-likeness (QED) is 0.667.